The Balaban J connectivity index is 2.28. The van der Waals surface area contributed by atoms with Gasteiger partial charge in [0.1, 0.15) is 12.9 Å². The van der Waals surface area contributed by atoms with Gasteiger partial charge in [-0.05, 0) is 12.0 Å². The molecule has 0 saturated carbocycles. The molecular formula is C18H27NO3. The Morgan fingerprint density at radius 1 is 1.09 bits per heavy atom. The van der Waals surface area contributed by atoms with Crippen LogP contribution in [0.4, 0.5) is 4.79 Å². The number of carbonyl (C=O) groups excluding carboxylic acids is 2. The first-order valence-corrected chi connectivity index (χ1v) is 8.17. The highest BCUT2D eigenvalue weighted by Gasteiger charge is 2.14. The van der Waals surface area contributed by atoms with E-state index in [1.165, 1.54) is 30.6 Å². The van der Waals surface area contributed by atoms with Gasteiger partial charge in [0.25, 0.3) is 0 Å². The normalized spacial score (nSPS) is 10.2. The summed E-state index contributed by atoms with van der Waals surface area (Å²) in [5.41, 5.74) is 0.946. The quantitative estimate of drug-likeness (QED) is 0.455. The van der Waals surface area contributed by atoms with Crippen molar-refractivity contribution in [1.29, 1.82) is 0 Å². The highest BCUT2D eigenvalue weighted by atomic mass is 16.6. The maximum atomic E-state index is 12.0. The van der Waals surface area contributed by atoms with Crippen molar-refractivity contribution < 1.29 is 14.3 Å². The van der Waals surface area contributed by atoms with Crippen molar-refractivity contribution in [3.63, 3.8) is 0 Å². The summed E-state index contributed by atoms with van der Waals surface area (Å²) in [5, 5.41) is 0. The lowest BCUT2D eigenvalue weighted by molar-refractivity contribution is -0.108. The molecule has 122 valence electrons. The first-order chi connectivity index (χ1) is 10.8. The van der Waals surface area contributed by atoms with Gasteiger partial charge in [0.2, 0.25) is 0 Å². The van der Waals surface area contributed by atoms with E-state index in [0.29, 0.717) is 6.54 Å². The fourth-order valence-electron chi connectivity index (χ4n) is 2.24. The van der Waals surface area contributed by atoms with Gasteiger partial charge < -0.3 is 14.4 Å². The van der Waals surface area contributed by atoms with Crippen LogP contribution in [0, 0.1) is 0 Å². The molecule has 22 heavy (non-hydrogen) atoms. The van der Waals surface area contributed by atoms with Gasteiger partial charge in [-0.3, -0.25) is 0 Å². The second kappa shape index (κ2) is 11.8. The SMILES string of the molecule is CCCCCCCCN(CC=O)C(=O)OCc1ccccc1. The molecule has 0 unspecified atom stereocenters. The number of hydrogen-bond acceptors (Lipinski definition) is 3. The molecule has 1 aromatic carbocycles. The maximum Gasteiger partial charge on any atom is 0.410 e. The lowest BCUT2D eigenvalue weighted by Gasteiger charge is -2.19. The van der Waals surface area contributed by atoms with Crippen LogP contribution < -0.4 is 0 Å². The molecule has 0 fully saturated rings. The van der Waals surface area contributed by atoms with Crippen LogP contribution in [0.5, 0.6) is 0 Å². The van der Waals surface area contributed by atoms with E-state index in [-0.39, 0.29) is 13.2 Å². The van der Waals surface area contributed by atoms with Crippen molar-refractivity contribution in [2.75, 3.05) is 13.1 Å². The molecular weight excluding hydrogens is 278 g/mol. The molecule has 0 aliphatic carbocycles. The van der Waals surface area contributed by atoms with Gasteiger partial charge in [0.05, 0.1) is 6.54 Å². The summed E-state index contributed by atoms with van der Waals surface area (Å²) in [6.07, 6.45) is 7.25. The molecule has 0 aliphatic heterocycles. The van der Waals surface area contributed by atoms with Gasteiger partial charge >= 0.3 is 6.09 Å². The zero-order valence-electron chi connectivity index (χ0n) is 13.5. The fourth-order valence-corrected chi connectivity index (χ4v) is 2.24. The van der Waals surface area contributed by atoms with Gasteiger partial charge in [0.15, 0.2) is 0 Å². The van der Waals surface area contributed by atoms with Crippen LogP contribution in [0.1, 0.15) is 51.0 Å². The summed E-state index contributed by atoms with van der Waals surface area (Å²) in [7, 11) is 0. The molecule has 1 aromatic rings. The lowest BCUT2D eigenvalue weighted by atomic mass is 10.1. The Morgan fingerprint density at radius 3 is 2.45 bits per heavy atom. The minimum absolute atomic E-state index is 0.0998. The largest absolute Gasteiger partial charge is 0.445 e. The van der Waals surface area contributed by atoms with Gasteiger partial charge in [-0.1, -0.05) is 69.4 Å². The van der Waals surface area contributed by atoms with Crippen LogP contribution >= 0.6 is 0 Å². The summed E-state index contributed by atoms with van der Waals surface area (Å²) < 4.78 is 5.27. The minimum atomic E-state index is -0.412. The van der Waals surface area contributed by atoms with Crippen molar-refractivity contribution in [2.24, 2.45) is 0 Å². The van der Waals surface area contributed by atoms with E-state index < -0.39 is 6.09 Å². The molecule has 0 heterocycles. The zero-order chi connectivity index (χ0) is 16.0. The monoisotopic (exact) mass is 305 g/mol. The Morgan fingerprint density at radius 2 is 1.77 bits per heavy atom. The predicted molar refractivity (Wildman–Crippen MR) is 87.6 cm³/mol. The van der Waals surface area contributed by atoms with Gasteiger partial charge in [-0.25, -0.2) is 4.79 Å². The van der Waals surface area contributed by atoms with E-state index in [9.17, 15) is 9.59 Å². The molecule has 4 nitrogen and oxygen atoms in total. The summed E-state index contributed by atoms with van der Waals surface area (Å²) >= 11 is 0. The molecule has 1 rings (SSSR count). The highest BCUT2D eigenvalue weighted by molar-refractivity contribution is 5.71. The van der Waals surface area contributed by atoms with Crippen LogP contribution in [-0.2, 0) is 16.1 Å². The van der Waals surface area contributed by atoms with Crippen molar-refractivity contribution >= 4 is 12.4 Å². The minimum Gasteiger partial charge on any atom is -0.445 e. The lowest BCUT2D eigenvalue weighted by Crippen LogP contribution is -2.34. The predicted octanol–water partition coefficient (Wildman–Crippen LogP) is 4.18. The Bertz CT molecular complexity index is 420. The number of carbonyl (C=O) groups is 2. The second-order valence-electron chi connectivity index (χ2n) is 5.42. The van der Waals surface area contributed by atoms with Crippen LogP contribution in [0.3, 0.4) is 0 Å². The standard InChI is InChI=1S/C18H27NO3/c1-2-3-4-5-6-10-13-19(14-15-20)18(21)22-16-17-11-8-7-9-12-17/h7-9,11-12,15H,2-6,10,13-14,16H2,1H3. The molecule has 0 atom stereocenters. The van der Waals surface area contributed by atoms with Crippen LogP contribution in [0.25, 0.3) is 0 Å². The van der Waals surface area contributed by atoms with Crippen molar-refractivity contribution in [3.8, 4) is 0 Å². The van der Waals surface area contributed by atoms with E-state index in [1.807, 2.05) is 30.3 Å². The van der Waals surface area contributed by atoms with Crippen molar-refractivity contribution in [3.05, 3.63) is 35.9 Å². The number of unbranched alkanes of at least 4 members (excludes halogenated alkanes) is 5. The average molecular weight is 305 g/mol. The van der Waals surface area contributed by atoms with Crippen LogP contribution in [-0.4, -0.2) is 30.4 Å². The Labute approximate surface area is 133 Å². The maximum absolute atomic E-state index is 12.0. The Kier molecular flexibility index (Phi) is 9.75. The number of nitrogens with zero attached hydrogens (tertiary/aromatic N) is 1. The molecule has 4 heteroatoms. The summed E-state index contributed by atoms with van der Waals surface area (Å²) in [6.45, 7) is 3.11. The second-order valence-corrected chi connectivity index (χ2v) is 5.42. The van der Waals surface area contributed by atoms with E-state index in [0.717, 1.165) is 24.7 Å². The third-order valence-corrected chi connectivity index (χ3v) is 3.54. The third kappa shape index (κ3) is 7.81. The highest BCUT2D eigenvalue weighted by Crippen LogP contribution is 2.07. The molecule has 0 radical (unpaired) electrons. The Hall–Kier alpha value is -1.84. The van der Waals surface area contributed by atoms with E-state index in [4.69, 9.17) is 4.74 Å². The van der Waals surface area contributed by atoms with Crippen LogP contribution in [0.15, 0.2) is 30.3 Å². The molecule has 0 N–H and O–H groups in total. The molecule has 0 saturated heterocycles. The molecule has 0 bridgehead atoms. The number of aldehydes is 1. The molecule has 0 spiro atoms. The van der Waals surface area contributed by atoms with E-state index in [2.05, 4.69) is 6.92 Å². The molecule has 0 aliphatic rings. The first-order valence-electron chi connectivity index (χ1n) is 8.17. The van der Waals surface area contributed by atoms with E-state index >= 15 is 0 Å². The number of benzene rings is 1. The van der Waals surface area contributed by atoms with E-state index in [1.54, 1.807) is 0 Å². The summed E-state index contributed by atoms with van der Waals surface area (Å²) in [5.74, 6) is 0. The average Bonchev–Trinajstić information content (AvgIpc) is 2.55. The number of ether oxygens (including phenoxy) is 1. The first kappa shape index (κ1) is 18.2. The van der Waals surface area contributed by atoms with Crippen LogP contribution in [0.2, 0.25) is 0 Å². The van der Waals surface area contributed by atoms with Gasteiger partial charge in [0, 0.05) is 6.54 Å². The summed E-state index contributed by atoms with van der Waals surface area (Å²) in [4.78, 5) is 24.2. The number of rotatable bonds is 11. The summed E-state index contributed by atoms with van der Waals surface area (Å²) in [6, 6.07) is 9.55. The van der Waals surface area contributed by atoms with Gasteiger partial charge in [-0.2, -0.15) is 0 Å². The zero-order valence-corrected chi connectivity index (χ0v) is 13.5. The smallest absolute Gasteiger partial charge is 0.410 e. The van der Waals surface area contributed by atoms with Gasteiger partial charge in [-0.15, -0.1) is 0 Å². The fraction of sp³-hybridized carbons (Fsp3) is 0.556. The molecule has 0 aromatic heterocycles. The number of amides is 1. The topological polar surface area (TPSA) is 46.6 Å². The third-order valence-electron chi connectivity index (χ3n) is 3.54. The number of hydrogen-bond donors (Lipinski definition) is 0. The molecule has 1 amide bonds. The van der Waals surface area contributed by atoms with Crippen molar-refractivity contribution in [2.45, 2.75) is 52.1 Å². The van der Waals surface area contributed by atoms with Crippen molar-refractivity contribution in [1.82, 2.24) is 4.90 Å².